The third kappa shape index (κ3) is 3.61. The summed E-state index contributed by atoms with van der Waals surface area (Å²) < 4.78 is 51.5. The Labute approximate surface area is 137 Å². The molecule has 3 rings (SSSR count). The Kier molecular flexibility index (Phi) is 4.38. The maximum absolute atomic E-state index is 13.6. The van der Waals surface area contributed by atoms with Gasteiger partial charge in [0.1, 0.15) is 5.82 Å². The quantitative estimate of drug-likeness (QED) is 0.776. The molecule has 0 N–H and O–H groups in total. The third-order valence-electron chi connectivity index (χ3n) is 4.37. The zero-order valence-electron chi connectivity index (χ0n) is 13.6. The third-order valence-corrected chi connectivity index (χ3v) is 4.37. The zero-order valence-corrected chi connectivity index (χ0v) is 13.6. The van der Waals surface area contributed by atoms with Crippen LogP contribution in [0.5, 0.6) is 0 Å². The van der Waals surface area contributed by atoms with Crippen LogP contribution in [0.15, 0.2) is 24.3 Å². The number of hydrogen-bond donors (Lipinski definition) is 0. The van der Waals surface area contributed by atoms with Crippen LogP contribution in [-0.2, 0) is 0 Å². The number of alkyl halides is 3. The lowest BCUT2D eigenvalue weighted by Gasteiger charge is -2.41. The smallest absolute Gasteiger partial charge is 0.368 e. The predicted octanol–water partition coefficient (Wildman–Crippen LogP) is 3.76. The highest BCUT2D eigenvalue weighted by atomic mass is 19.4. The molecule has 1 unspecified atom stereocenters. The van der Waals surface area contributed by atoms with E-state index >= 15 is 0 Å². The van der Waals surface area contributed by atoms with E-state index in [4.69, 9.17) is 0 Å². The molecular weight excluding hydrogens is 322 g/mol. The monoisotopic (exact) mass is 341 g/mol. The fraction of sp³-hybridized carbons (Fsp3) is 0.471. The predicted molar refractivity (Wildman–Crippen MR) is 85.7 cm³/mol. The van der Waals surface area contributed by atoms with E-state index in [-0.39, 0.29) is 11.9 Å². The summed E-state index contributed by atoms with van der Waals surface area (Å²) in [4.78, 5) is 7.86. The molecule has 1 aromatic heterocycles. The van der Waals surface area contributed by atoms with E-state index in [1.165, 1.54) is 17.0 Å². The molecule has 1 aliphatic heterocycles. The number of rotatable bonds is 2. The van der Waals surface area contributed by atoms with Crippen LogP contribution in [0.3, 0.4) is 0 Å². The first kappa shape index (κ1) is 17.0. The van der Waals surface area contributed by atoms with Crippen molar-refractivity contribution in [1.82, 2.24) is 9.88 Å². The highest BCUT2D eigenvalue weighted by Gasteiger charge is 2.35. The fourth-order valence-corrected chi connectivity index (χ4v) is 3.25. The Morgan fingerprint density at radius 3 is 2.62 bits per heavy atom. The molecular formula is C17H19F4N3. The van der Waals surface area contributed by atoms with Gasteiger partial charge in [0.2, 0.25) is 0 Å². The topological polar surface area (TPSA) is 19.4 Å². The first-order valence-corrected chi connectivity index (χ1v) is 7.85. The van der Waals surface area contributed by atoms with E-state index in [0.29, 0.717) is 30.5 Å². The molecule has 0 aliphatic carbocycles. The van der Waals surface area contributed by atoms with Crippen LogP contribution in [0.2, 0.25) is 0 Å². The molecule has 7 heteroatoms. The van der Waals surface area contributed by atoms with Crippen molar-refractivity contribution in [3.05, 3.63) is 35.8 Å². The Morgan fingerprint density at radius 1 is 1.21 bits per heavy atom. The van der Waals surface area contributed by atoms with Crippen molar-refractivity contribution in [1.29, 1.82) is 0 Å². The molecule has 2 aromatic rings. The molecule has 0 bridgehead atoms. The van der Waals surface area contributed by atoms with Gasteiger partial charge in [0.15, 0.2) is 0 Å². The van der Waals surface area contributed by atoms with Gasteiger partial charge in [-0.25, -0.2) is 4.39 Å². The first-order chi connectivity index (χ1) is 11.2. The maximum atomic E-state index is 13.6. The first-order valence-electron chi connectivity index (χ1n) is 7.85. The van der Waals surface area contributed by atoms with Crippen LogP contribution < -0.4 is 4.90 Å². The minimum Gasteiger partial charge on any atom is -0.368 e. The second kappa shape index (κ2) is 6.20. The lowest BCUT2D eigenvalue weighted by molar-refractivity contribution is -0.150. The highest BCUT2D eigenvalue weighted by molar-refractivity contribution is 5.92. The van der Waals surface area contributed by atoms with Gasteiger partial charge in [-0.3, -0.25) is 9.88 Å². The van der Waals surface area contributed by atoms with Crippen molar-refractivity contribution in [2.75, 3.05) is 31.1 Å². The van der Waals surface area contributed by atoms with Crippen LogP contribution in [0.4, 0.5) is 23.2 Å². The standard InChI is InChI=1S/C17H19F4N3/c1-11-7-16(14-8-13(18)3-4-15(14)22-11)23-5-6-24(12(2)9-23)10-17(19,20)21/h3-4,7-8,12H,5-6,9-10H2,1-2H3. The van der Waals surface area contributed by atoms with Crippen molar-refractivity contribution in [2.45, 2.75) is 26.1 Å². The molecule has 1 saturated heterocycles. The summed E-state index contributed by atoms with van der Waals surface area (Å²) in [5.74, 6) is -0.349. The molecule has 0 saturated carbocycles. The fourth-order valence-electron chi connectivity index (χ4n) is 3.25. The normalized spacial score (nSPS) is 19.9. The number of piperazine rings is 1. The summed E-state index contributed by atoms with van der Waals surface area (Å²) in [5.41, 5.74) is 2.32. The van der Waals surface area contributed by atoms with E-state index in [1.54, 1.807) is 13.0 Å². The summed E-state index contributed by atoms with van der Waals surface area (Å²) in [5, 5.41) is 0.692. The number of anilines is 1. The number of hydrogen-bond acceptors (Lipinski definition) is 3. The van der Waals surface area contributed by atoms with E-state index < -0.39 is 12.7 Å². The van der Waals surface area contributed by atoms with Gasteiger partial charge < -0.3 is 4.90 Å². The molecule has 1 atom stereocenters. The number of nitrogens with zero attached hydrogens (tertiary/aromatic N) is 3. The Morgan fingerprint density at radius 2 is 1.96 bits per heavy atom. The van der Waals surface area contributed by atoms with Gasteiger partial charge in [-0.1, -0.05) is 0 Å². The minimum absolute atomic E-state index is 0.238. The number of benzene rings is 1. The van der Waals surface area contributed by atoms with E-state index in [1.807, 2.05) is 17.9 Å². The molecule has 1 aliphatic rings. The molecule has 1 fully saturated rings. The lowest BCUT2D eigenvalue weighted by atomic mass is 10.1. The SMILES string of the molecule is Cc1cc(N2CCN(CC(F)(F)F)C(C)C2)c2cc(F)ccc2n1. The molecule has 2 heterocycles. The summed E-state index contributed by atoms with van der Waals surface area (Å²) in [7, 11) is 0. The van der Waals surface area contributed by atoms with E-state index in [9.17, 15) is 17.6 Å². The van der Waals surface area contributed by atoms with Gasteiger partial charge in [0, 0.05) is 42.4 Å². The highest BCUT2D eigenvalue weighted by Crippen LogP contribution is 2.30. The number of pyridine rings is 1. The van der Waals surface area contributed by atoms with E-state index in [0.717, 1.165) is 11.4 Å². The Bertz CT molecular complexity index is 744. The summed E-state index contributed by atoms with van der Waals surface area (Å²) in [6.45, 7) is 4.00. The van der Waals surface area contributed by atoms with Crippen LogP contribution in [0.1, 0.15) is 12.6 Å². The van der Waals surface area contributed by atoms with Gasteiger partial charge in [-0.05, 0) is 38.1 Å². The summed E-state index contributed by atoms with van der Waals surface area (Å²) >= 11 is 0. The number of aromatic nitrogens is 1. The van der Waals surface area contributed by atoms with Crippen molar-refractivity contribution >= 4 is 16.6 Å². The molecule has 130 valence electrons. The van der Waals surface area contributed by atoms with Crippen molar-refractivity contribution < 1.29 is 17.6 Å². The van der Waals surface area contributed by atoms with Crippen LogP contribution >= 0.6 is 0 Å². The largest absolute Gasteiger partial charge is 0.401 e. The zero-order chi connectivity index (χ0) is 17.5. The van der Waals surface area contributed by atoms with Gasteiger partial charge in [-0.2, -0.15) is 13.2 Å². The van der Waals surface area contributed by atoms with Crippen molar-refractivity contribution in [3.63, 3.8) is 0 Å². The number of halogens is 4. The second-order valence-corrected chi connectivity index (χ2v) is 6.32. The molecule has 1 aromatic carbocycles. The molecule has 0 amide bonds. The van der Waals surface area contributed by atoms with Crippen LogP contribution in [0, 0.1) is 12.7 Å². The minimum atomic E-state index is -4.19. The second-order valence-electron chi connectivity index (χ2n) is 6.32. The molecule has 0 radical (unpaired) electrons. The number of fused-ring (bicyclic) bond motifs is 1. The summed E-state index contributed by atoms with van der Waals surface area (Å²) in [6.07, 6.45) is -4.19. The van der Waals surface area contributed by atoms with Gasteiger partial charge in [0.05, 0.1) is 12.1 Å². The lowest BCUT2D eigenvalue weighted by Crippen LogP contribution is -2.54. The van der Waals surface area contributed by atoms with E-state index in [2.05, 4.69) is 4.98 Å². The molecule has 24 heavy (non-hydrogen) atoms. The van der Waals surface area contributed by atoms with Gasteiger partial charge in [0.25, 0.3) is 0 Å². The maximum Gasteiger partial charge on any atom is 0.401 e. The summed E-state index contributed by atoms with van der Waals surface area (Å²) in [6, 6.07) is 6.06. The van der Waals surface area contributed by atoms with Gasteiger partial charge in [-0.15, -0.1) is 0 Å². The van der Waals surface area contributed by atoms with Gasteiger partial charge >= 0.3 is 6.18 Å². The Hall–Kier alpha value is -1.89. The number of aryl methyl sites for hydroxylation is 1. The average Bonchev–Trinajstić information content (AvgIpc) is 2.48. The van der Waals surface area contributed by atoms with Crippen molar-refractivity contribution in [2.24, 2.45) is 0 Å². The van der Waals surface area contributed by atoms with Crippen LogP contribution in [0.25, 0.3) is 10.9 Å². The van der Waals surface area contributed by atoms with Crippen LogP contribution in [-0.4, -0.2) is 48.3 Å². The van der Waals surface area contributed by atoms with Crippen molar-refractivity contribution in [3.8, 4) is 0 Å². The Balaban J connectivity index is 1.88. The molecule has 3 nitrogen and oxygen atoms in total. The molecule has 0 spiro atoms. The average molecular weight is 341 g/mol.